The molecule has 0 unspecified atom stereocenters. The number of piperazine rings is 1. The molecular weight excluding hydrogens is 286 g/mol. The fraction of sp³-hybridized carbons (Fsp3) is 0.500. The number of rotatable bonds is 1. The summed E-state index contributed by atoms with van der Waals surface area (Å²) in [7, 11) is 1.83. The molecule has 0 saturated carbocycles. The van der Waals surface area contributed by atoms with Crippen LogP contribution in [-0.2, 0) is 4.79 Å². The van der Waals surface area contributed by atoms with Crippen LogP contribution in [0.1, 0.15) is 18.7 Å². The number of nitrogens with zero attached hydrogens (tertiary/aromatic N) is 4. The molecule has 3 rings (SSSR count). The zero-order valence-corrected chi connectivity index (χ0v) is 13.5. The average molecular weight is 305 g/mol. The zero-order valence-electron chi connectivity index (χ0n) is 12.7. The third kappa shape index (κ3) is 2.12. The number of likely N-dealkylation sites (N-methyl/N-ethyl adjacent to an activating group) is 1. The van der Waals surface area contributed by atoms with E-state index in [2.05, 4.69) is 16.0 Å². The van der Waals surface area contributed by atoms with Crippen LogP contribution >= 0.6 is 11.3 Å². The Morgan fingerprint density at radius 3 is 2.76 bits per heavy atom. The number of nitrogens with two attached hydrogens (primary N) is 1. The van der Waals surface area contributed by atoms with Gasteiger partial charge in [-0.05, 0) is 26.8 Å². The Morgan fingerprint density at radius 1 is 1.33 bits per heavy atom. The molecule has 1 fully saturated rings. The van der Waals surface area contributed by atoms with Crippen LogP contribution in [0.4, 0.5) is 11.8 Å². The lowest BCUT2D eigenvalue weighted by Crippen LogP contribution is -2.62. The molecule has 1 aliphatic heterocycles. The molecule has 21 heavy (non-hydrogen) atoms. The van der Waals surface area contributed by atoms with Crippen LogP contribution in [0.2, 0.25) is 0 Å². The smallest absolute Gasteiger partial charge is 0.247 e. The molecule has 7 heteroatoms. The number of thiophene rings is 1. The van der Waals surface area contributed by atoms with Gasteiger partial charge in [-0.25, -0.2) is 4.98 Å². The van der Waals surface area contributed by atoms with Crippen molar-refractivity contribution >= 4 is 39.2 Å². The molecule has 0 radical (unpaired) electrons. The van der Waals surface area contributed by atoms with Crippen LogP contribution < -0.4 is 10.6 Å². The highest BCUT2D eigenvalue weighted by Crippen LogP contribution is 2.35. The van der Waals surface area contributed by atoms with Crippen molar-refractivity contribution in [2.24, 2.45) is 0 Å². The van der Waals surface area contributed by atoms with E-state index in [0.717, 1.165) is 27.5 Å². The molecule has 1 saturated heterocycles. The molecule has 112 valence electrons. The summed E-state index contributed by atoms with van der Waals surface area (Å²) in [6.45, 7) is 7.29. The largest absolute Gasteiger partial charge is 0.368 e. The van der Waals surface area contributed by atoms with Crippen LogP contribution in [0.5, 0.6) is 0 Å². The number of carbonyl (C=O) groups excluding carboxylic acids is 1. The Morgan fingerprint density at radius 2 is 2.05 bits per heavy atom. The Hall–Kier alpha value is -1.89. The SMILES string of the molecule is Cc1cc2c(N3CCN(C)C(=O)C3(C)C)nc(N)nc2s1. The average Bonchev–Trinajstić information content (AvgIpc) is 2.76. The lowest BCUT2D eigenvalue weighted by atomic mass is 9.97. The molecule has 0 atom stereocenters. The molecule has 0 aliphatic carbocycles. The van der Waals surface area contributed by atoms with Gasteiger partial charge in [-0.1, -0.05) is 0 Å². The van der Waals surface area contributed by atoms with Gasteiger partial charge in [-0.15, -0.1) is 11.3 Å². The Bertz CT molecular complexity index is 723. The number of aromatic nitrogens is 2. The second-order valence-corrected chi connectivity index (χ2v) is 7.15. The monoisotopic (exact) mass is 305 g/mol. The number of hydrogen-bond acceptors (Lipinski definition) is 6. The van der Waals surface area contributed by atoms with Crippen molar-refractivity contribution in [1.29, 1.82) is 0 Å². The van der Waals surface area contributed by atoms with E-state index in [-0.39, 0.29) is 11.9 Å². The maximum Gasteiger partial charge on any atom is 0.247 e. The molecule has 2 aromatic heterocycles. The lowest BCUT2D eigenvalue weighted by Gasteiger charge is -2.45. The topological polar surface area (TPSA) is 75.3 Å². The van der Waals surface area contributed by atoms with E-state index < -0.39 is 5.54 Å². The van der Waals surface area contributed by atoms with Crippen LogP contribution in [0.15, 0.2) is 6.07 Å². The second-order valence-electron chi connectivity index (χ2n) is 5.92. The van der Waals surface area contributed by atoms with Gasteiger partial charge in [0.15, 0.2) is 0 Å². The number of anilines is 2. The number of aryl methyl sites for hydroxylation is 1. The highest BCUT2D eigenvalue weighted by Gasteiger charge is 2.42. The highest BCUT2D eigenvalue weighted by atomic mass is 32.1. The molecule has 0 spiro atoms. The zero-order chi connectivity index (χ0) is 15.4. The van der Waals surface area contributed by atoms with E-state index in [0.29, 0.717) is 6.54 Å². The first-order chi connectivity index (χ1) is 9.80. The van der Waals surface area contributed by atoms with E-state index in [4.69, 9.17) is 5.73 Å². The van der Waals surface area contributed by atoms with Crippen LogP contribution in [-0.4, -0.2) is 46.5 Å². The van der Waals surface area contributed by atoms with Gasteiger partial charge in [0.1, 0.15) is 16.2 Å². The minimum Gasteiger partial charge on any atom is -0.368 e. The van der Waals surface area contributed by atoms with Crippen molar-refractivity contribution in [3.8, 4) is 0 Å². The molecule has 0 bridgehead atoms. The fourth-order valence-electron chi connectivity index (χ4n) is 2.83. The normalized spacial score (nSPS) is 18.6. The van der Waals surface area contributed by atoms with Gasteiger partial charge in [-0.2, -0.15) is 4.98 Å². The third-order valence-electron chi connectivity index (χ3n) is 3.97. The molecule has 2 aromatic rings. The van der Waals surface area contributed by atoms with Gasteiger partial charge in [0.2, 0.25) is 11.9 Å². The van der Waals surface area contributed by atoms with Crippen molar-refractivity contribution in [2.75, 3.05) is 30.8 Å². The first-order valence-corrected chi connectivity index (χ1v) is 7.69. The van der Waals surface area contributed by atoms with E-state index in [1.807, 2.05) is 32.7 Å². The molecule has 1 aliphatic rings. The first-order valence-electron chi connectivity index (χ1n) is 6.87. The van der Waals surface area contributed by atoms with E-state index in [9.17, 15) is 4.79 Å². The third-order valence-corrected chi connectivity index (χ3v) is 4.92. The number of carbonyl (C=O) groups is 1. The minimum atomic E-state index is -0.642. The maximum absolute atomic E-state index is 12.5. The quantitative estimate of drug-likeness (QED) is 0.867. The summed E-state index contributed by atoms with van der Waals surface area (Å²) in [6.07, 6.45) is 0. The lowest BCUT2D eigenvalue weighted by molar-refractivity contribution is -0.136. The van der Waals surface area contributed by atoms with Crippen molar-refractivity contribution < 1.29 is 4.79 Å². The number of hydrogen-bond donors (Lipinski definition) is 1. The predicted octanol–water partition coefficient (Wildman–Crippen LogP) is 1.64. The van der Waals surface area contributed by atoms with E-state index in [1.165, 1.54) is 0 Å². The molecule has 6 nitrogen and oxygen atoms in total. The predicted molar refractivity (Wildman–Crippen MR) is 85.6 cm³/mol. The van der Waals surface area contributed by atoms with Gasteiger partial charge in [0.05, 0.1) is 5.39 Å². The Balaban J connectivity index is 2.17. The highest BCUT2D eigenvalue weighted by molar-refractivity contribution is 7.18. The maximum atomic E-state index is 12.5. The number of nitrogen functional groups attached to an aromatic ring is 1. The second kappa shape index (κ2) is 4.56. The number of fused-ring (bicyclic) bond motifs is 1. The first kappa shape index (κ1) is 14.1. The summed E-state index contributed by atoms with van der Waals surface area (Å²) in [5, 5.41) is 0.970. The van der Waals surface area contributed by atoms with Crippen molar-refractivity contribution in [3.05, 3.63) is 10.9 Å². The van der Waals surface area contributed by atoms with Crippen LogP contribution in [0.25, 0.3) is 10.2 Å². The van der Waals surface area contributed by atoms with Gasteiger partial charge in [0.25, 0.3) is 0 Å². The summed E-state index contributed by atoms with van der Waals surface area (Å²) in [6, 6.07) is 2.06. The Labute approximate surface area is 127 Å². The van der Waals surface area contributed by atoms with Crippen molar-refractivity contribution in [3.63, 3.8) is 0 Å². The van der Waals surface area contributed by atoms with E-state index in [1.54, 1.807) is 16.2 Å². The summed E-state index contributed by atoms with van der Waals surface area (Å²) in [5.41, 5.74) is 5.21. The van der Waals surface area contributed by atoms with Gasteiger partial charge in [-0.3, -0.25) is 4.79 Å². The summed E-state index contributed by atoms with van der Waals surface area (Å²) < 4.78 is 0. The number of amides is 1. The minimum absolute atomic E-state index is 0.0889. The van der Waals surface area contributed by atoms with Crippen molar-refractivity contribution in [2.45, 2.75) is 26.3 Å². The van der Waals surface area contributed by atoms with Crippen LogP contribution in [0, 0.1) is 6.92 Å². The molecule has 0 aromatic carbocycles. The fourth-order valence-corrected chi connectivity index (χ4v) is 3.71. The Kier molecular flexibility index (Phi) is 3.05. The summed E-state index contributed by atoms with van der Waals surface area (Å²) in [4.78, 5) is 27.0. The van der Waals surface area contributed by atoms with E-state index >= 15 is 0 Å². The molecule has 1 amide bonds. The standard InChI is InChI=1S/C14H19N5OS/c1-8-7-9-10(16-13(15)17-11(9)21-8)19-6-5-18(4)12(20)14(19,2)3/h7H,5-6H2,1-4H3,(H2,15,16,17). The van der Waals surface area contributed by atoms with Gasteiger partial charge in [0, 0.05) is 25.0 Å². The van der Waals surface area contributed by atoms with Crippen molar-refractivity contribution in [1.82, 2.24) is 14.9 Å². The summed E-state index contributed by atoms with van der Waals surface area (Å²) >= 11 is 1.59. The molecule has 3 heterocycles. The molecular formula is C14H19N5OS. The summed E-state index contributed by atoms with van der Waals surface area (Å²) in [5.74, 6) is 1.10. The molecule has 2 N–H and O–H groups in total. The van der Waals surface area contributed by atoms with Crippen LogP contribution in [0.3, 0.4) is 0 Å². The van der Waals surface area contributed by atoms with Gasteiger partial charge >= 0.3 is 0 Å². The van der Waals surface area contributed by atoms with Gasteiger partial charge < -0.3 is 15.5 Å².